The van der Waals surface area contributed by atoms with Crippen LogP contribution in [0.15, 0.2) is 36.4 Å². The molecule has 0 aliphatic carbocycles. The predicted molar refractivity (Wildman–Crippen MR) is 161 cm³/mol. The average molecular weight is 583 g/mol. The molecule has 3 aromatic rings. The van der Waals surface area contributed by atoms with E-state index in [2.05, 4.69) is 0 Å². The number of ether oxygens (including phenoxy) is 8. The molecule has 228 valence electrons. The number of carbonyl (C=O) groups is 1. The van der Waals surface area contributed by atoms with Crippen molar-refractivity contribution in [2.45, 2.75) is 39.0 Å². The van der Waals surface area contributed by atoms with Gasteiger partial charge in [-0.05, 0) is 67.5 Å². The Morgan fingerprint density at radius 1 is 0.524 bits per heavy atom. The van der Waals surface area contributed by atoms with Gasteiger partial charge in [0.2, 0.25) is 5.75 Å². The Kier molecular flexibility index (Phi) is 12.0. The highest BCUT2D eigenvalue weighted by Gasteiger charge is 2.30. The Hall–Kier alpha value is -4.27. The molecule has 0 atom stereocenters. The maximum absolute atomic E-state index is 13.8. The van der Waals surface area contributed by atoms with Gasteiger partial charge < -0.3 is 37.9 Å². The highest BCUT2D eigenvalue weighted by Crippen LogP contribution is 2.47. The Morgan fingerprint density at radius 3 is 1.21 bits per heavy atom. The number of hydrogen-bond acceptors (Lipinski definition) is 9. The van der Waals surface area contributed by atoms with Crippen molar-refractivity contribution in [3.63, 3.8) is 0 Å². The molecule has 0 heterocycles. The van der Waals surface area contributed by atoms with E-state index in [-0.39, 0.29) is 6.61 Å². The zero-order valence-corrected chi connectivity index (χ0v) is 25.9. The van der Waals surface area contributed by atoms with Gasteiger partial charge in [0, 0.05) is 23.3 Å². The van der Waals surface area contributed by atoms with Crippen LogP contribution in [0.2, 0.25) is 0 Å². The lowest BCUT2D eigenvalue weighted by Crippen LogP contribution is -2.17. The fourth-order valence-corrected chi connectivity index (χ4v) is 4.95. The summed E-state index contributed by atoms with van der Waals surface area (Å²) in [5.41, 5.74) is 3.72. The summed E-state index contributed by atoms with van der Waals surface area (Å²) < 4.78 is 45.1. The first-order valence-electron chi connectivity index (χ1n) is 13.8. The minimum atomic E-state index is -0.437. The van der Waals surface area contributed by atoms with Crippen LogP contribution in [-0.2, 0) is 30.4 Å². The monoisotopic (exact) mass is 582 g/mol. The van der Waals surface area contributed by atoms with E-state index in [4.69, 9.17) is 37.9 Å². The first kappa shape index (κ1) is 32.2. The molecule has 0 N–H and O–H groups in total. The molecule has 0 amide bonds. The van der Waals surface area contributed by atoms with E-state index in [0.717, 1.165) is 11.1 Å². The van der Waals surface area contributed by atoms with Crippen molar-refractivity contribution >= 4 is 5.97 Å². The maximum Gasteiger partial charge on any atom is 0.338 e. The van der Waals surface area contributed by atoms with Crippen LogP contribution in [0.1, 0.15) is 46.0 Å². The van der Waals surface area contributed by atoms with E-state index in [1.54, 1.807) is 49.8 Å². The van der Waals surface area contributed by atoms with E-state index in [1.165, 1.54) is 0 Å². The molecule has 9 heteroatoms. The first-order valence-corrected chi connectivity index (χ1v) is 13.8. The van der Waals surface area contributed by atoms with Crippen molar-refractivity contribution in [2.75, 3.05) is 56.4 Å². The standard InChI is InChI=1S/C33H42O9/c1-9-14-42-33(34)29-27(12-10-21-15-23(35-2)19-24(16-21)36-3)30(39-6)32(41-8)31(40-7)28(29)13-11-22-17-25(37-4)20-26(18-22)38-5/h15-20H,9-14H2,1-8H3. The summed E-state index contributed by atoms with van der Waals surface area (Å²) in [6.07, 6.45) is 2.74. The van der Waals surface area contributed by atoms with Crippen LogP contribution in [0.25, 0.3) is 0 Å². The number of methoxy groups -OCH3 is 7. The highest BCUT2D eigenvalue weighted by molar-refractivity contribution is 5.96. The second-order valence-electron chi connectivity index (χ2n) is 9.51. The van der Waals surface area contributed by atoms with Crippen molar-refractivity contribution in [1.82, 2.24) is 0 Å². The van der Waals surface area contributed by atoms with Gasteiger partial charge in [-0.25, -0.2) is 4.79 Å². The normalized spacial score (nSPS) is 10.6. The molecule has 3 rings (SSSR count). The van der Waals surface area contributed by atoms with E-state index < -0.39 is 5.97 Å². The Morgan fingerprint density at radius 2 is 0.905 bits per heavy atom. The molecular weight excluding hydrogens is 540 g/mol. The fourth-order valence-electron chi connectivity index (χ4n) is 4.95. The van der Waals surface area contributed by atoms with Gasteiger partial charge in [0.05, 0.1) is 61.9 Å². The minimum absolute atomic E-state index is 0.286. The maximum atomic E-state index is 13.8. The van der Waals surface area contributed by atoms with Crippen LogP contribution in [0.5, 0.6) is 40.2 Å². The van der Waals surface area contributed by atoms with Crippen molar-refractivity contribution in [3.8, 4) is 40.2 Å². The minimum Gasteiger partial charge on any atom is -0.497 e. The summed E-state index contributed by atoms with van der Waals surface area (Å²) in [4.78, 5) is 13.8. The van der Waals surface area contributed by atoms with Gasteiger partial charge in [0.1, 0.15) is 23.0 Å². The fraction of sp³-hybridized carbons (Fsp3) is 0.424. The zero-order chi connectivity index (χ0) is 30.6. The Bertz CT molecular complexity index is 1220. The molecule has 9 nitrogen and oxygen atoms in total. The number of benzene rings is 3. The van der Waals surface area contributed by atoms with E-state index in [9.17, 15) is 4.79 Å². The number of carbonyl (C=O) groups excluding carboxylic acids is 1. The summed E-state index contributed by atoms with van der Waals surface area (Å²) in [5.74, 6) is 3.57. The number of aryl methyl sites for hydroxylation is 2. The molecule has 0 radical (unpaired) electrons. The second-order valence-corrected chi connectivity index (χ2v) is 9.51. The van der Waals surface area contributed by atoms with Gasteiger partial charge in [-0.15, -0.1) is 0 Å². The SMILES string of the molecule is CCCOC(=O)c1c(CCc2cc(OC)cc(OC)c2)c(OC)c(OC)c(OC)c1CCc1cc(OC)cc(OC)c1. The molecule has 42 heavy (non-hydrogen) atoms. The molecule has 0 fully saturated rings. The van der Waals surface area contributed by atoms with Crippen LogP contribution >= 0.6 is 0 Å². The highest BCUT2D eigenvalue weighted by atomic mass is 16.5. The van der Waals surface area contributed by atoms with E-state index in [0.29, 0.717) is 89.0 Å². The Labute approximate surface area is 248 Å². The van der Waals surface area contributed by atoms with Gasteiger partial charge in [0.25, 0.3) is 0 Å². The lowest BCUT2D eigenvalue weighted by atomic mass is 9.90. The van der Waals surface area contributed by atoms with E-state index in [1.807, 2.05) is 43.3 Å². The molecular formula is C33H42O9. The number of esters is 1. The van der Waals surface area contributed by atoms with Crippen molar-refractivity contribution < 1.29 is 42.7 Å². The molecule has 0 aliphatic heterocycles. The Balaban J connectivity index is 2.18. The molecule has 0 bridgehead atoms. The van der Waals surface area contributed by atoms with Crippen LogP contribution in [-0.4, -0.2) is 62.3 Å². The van der Waals surface area contributed by atoms with E-state index >= 15 is 0 Å². The van der Waals surface area contributed by atoms with Crippen molar-refractivity contribution in [2.24, 2.45) is 0 Å². The lowest BCUT2D eigenvalue weighted by Gasteiger charge is -2.23. The summed E-state index contributed by atoms with van der Waals surface area (Å²) in [5, 5.41) is 0. The third-order valence-corrected chi connectivity index (χ3v) is 6.97. The van der Waals surface area contributed by atoms with Gasteiger partial charge in [-0.1, -0.05) is 6.92 Å². The number of rotatable bonds is 16. The molecule has 0 spiro atoms. The molecule has 0 saturated carbocycles. The van der Waals surface area contributed by atoms with Crippen LogP contribution in [0.4, 0.5) is 0 Å². The van der Waals surface area contributed by atoms with Crippen molar-refractivity contribution in [1.29, 1.82) is 0 Å². The quantitative estimate of drug-likeness (QED) is 0.192. The third kappa shape index (κ3) is 7.51. The zero-order valence-electron chi connectivity index (χ0n) is 25.9. The summed E-state index contributed by atoms with van der Waals surface area (Å²) in [7, 11) is 11.1. The van der Waals surface area contributed by atoms with Gasteiger partial charge >= 0.3 is 5.97 Å². The van der Waals surface area contributed by atoms with Gasteiger partial charge in [-0.2, -0.15) is 0 Å². The smallest absolute Gasteiger partial charge is 0.338 e. The second kappa shape index (κ2) is 15.7. The summed E-state index contributed by atoms with van der Waals surface area (Å²) in [6, 6.07) is 11.4. The largest absolute Gasteiger partial charge is 0.497 e. The molecule has 0 saturated heterocycles. The van der Waals surface area contributed by atoms with Crippen molar-refractivity contribution in [3.05, 3.63) is 64.2 Å². The summed E-state index contributed by atoms with van der Waals surface area (Å²) in [6.45, 7) is 2.24. The predicted octanol–water partition coefficient (Wildman–Crippen LogP) is 5.88. The molecule has 0 unspecified atom stereocenters. The summed E-state index contributed by atoms with van der Waals surface area (Å²) >= 11 is 0. The molecule has 0 aromatic heterocycles. The molecule has 0 aliphatic rings. The van der Waals surface area contributed by atoms with Crippen LogP contribution in [0.3, 0.4) is 0 Å². The van der Waals surface area contributed by atoms with Gasteiger partial charge in [0.15, 0.2) is 11.5 Å². The average Bonchev–Trinajstić information content (AvgIpc) is 3.03. The molecule has 3 aromatic carbocycles. The van der Waals surface area contributed by atoms with Crippen LogP contribution < -0.4 is 33.2 Å². The first-order chi connectivity index (χ1) is 20.4. The van der Waals surface area contributed by atoms with Crippen LogP contribution in [0, 0.1) is 0 Å². The number of hydrogen-bond donors (Lipinski definition) is 0. The van der Waals surface area contributed by atoms with Gasteiger partial charge in [-0.3, -0.25) is 0 Å². The topological polar surface area (TPSA) is 90.9 Å². The lowest BCUT2D eigenvalue weighted by molar-refractivity contribution is 0.0501. The third-order valence-electron chi connectivity index (χ3n) is 6.97.